The third-order valence-corrected chi connectivity index (χ3v) is 3.90. The zero-order chi connectivity index (χ0) is 12.7. The Morgan fingerprint density at radius 2 is 1.94 bits per heavy atom. The summed E-state index contributed by atoms with van der Waals surface area (Å²) in [5, 5.41) is 9.15. The molecule has 1 aliphatic rings. The summed E-state index contributed by atoms with van der Waals surface area (Å²) in [5.41, 5.74) is -0.472. The van der Waals surface area contributed by atoms with E-state index in [2.05, 4.69) is 13.0 Å². The van der Waals surface area contributed by atoms with E-state index in [4.69, 9.17) is 5.26 Å². The van der Waals surface area contributed by atoms with Crippen LogP contribution in [0, 0.1) is 11.3 Å². The molecule has 0 unspecified atom stereocenters. The predicted octanol–water partition coefficient (Wildman–Crippen LogP) is 3.25. The molecule has 1 saturated carbocycles. The van der Waals surface area contributed by atoms with Crippen LogP contribution in [0.25, 0.3) is 0 Å². The van der Waals surface area contributed by atoms with Gasteiger partial charge in [-0.15, -0.1) is 0 Å². The van der Waals surface area contributed by atoms with E-state index in [1.165, 1.54) is 19.3 Å². The second-order valence-corrected chi connectivity index (χ2v) is 5.11. The number of hydrogen-bond donors (Lipinski definition) is 0. The van der Waals surface area contributed by atoms with Crippen molar-refractivity contribution >= 4 is 5.91 Å². The first-order valence-electron chi connectivity index (χ1n) is 6.84. The molecule has 1 rings (SSSR count). The molecule has 0 saturated heterocycles. The van der Waals surface area contributed by atoms with Crippen molar-refractivity contribution in [3.8, 4) is 6.07 Å². The summed E-state index contributed by atoms with van der Waals surface area (Å²) in [7, 11) is 1.79. The Hall–Kier alpha value is -1.04. The molecule has 0 N–H and O–H groups in total. The molecule has 0 bridgehead atoms. The van der Waals surface area contributed by atoms with Crippen molar-refractivity contribution in [3.05, 3.63) is 0 Å². The fourth-order valence-electron chi connectivity index (χ4n) is 2.32. The monoisotopic (exact) mass is 236 g/mol. The highest BCUT2D eigenvalue weighted by Crippen LogP contribution is 2.36. The molecule has 96 valence electrons. The number of carbonyl (C=O) groups is 1. The van der Waals surface area contributed by atoms with Gasteiger partial charge in [-0.2, -0.15) is 5.26 Å². The van der Waals surface area contributed by atoms with Gasteiger partial charge in [0.15, 0.2) is 0 Å². The second kappa shape index (κ2) is 6.64. The van der Waals surface area contributed by atoms with E-state index in [9.17, 15) is 4.79 Å². The topological polar surface area (TPSA) is 44.1 Å². The van der Waals surface area contributed by atoms with Crippen molar-refractivity contribution < 1.29 is 4.79 Å². The normalized spacial score (nSPS) is 17.0. The van der Waals surface area contributed by atoms with Gasteiger partial charge >= 0.3 is 0 Å². The van der Waals surface area contributed by atoms with Crippen LogP contribution in [-0.4, -0.2) is 23.4 Å². The zero-order valence-electron chi connectivity index (χ0n) is 11.2. The Kier molecular flexibility index (Phi) is 5.47. The lowest BCUT2D eigenvalue weighted by atomic mass is 9.76. The average molecular weight is 236 g/mol. The first-order chi connectivity index (χ1) is 8.16. The standard InChI is InChI=1S/C14H24N2O/c1-3-4-5-6-7-9-13(17)16(2)14(12-15)10-8-11-14/h3-11H2,1-2H3. The smallest absolute Gasteiger partial charge is 0.223 e. The van der Waals surface area contributed by atoms with E-state index in [0.717, 1.165) is 32.1 Å². The zero-order valence-corrected chi connectivity index (χ0v) is 11.2. The van der Waals surface area contributed by atoms with Crippen molar-refractivity contribution in [2.75, 3.05) is 7.05 Å². The molecule has 0 atom stereocenters. The van der Waals surface area contributed by atoms with Gasteiger partial charge < -0.3 is 4.90 Å². The van der Waals surface area contributed by atoms with Crippen LogP contribution in [-0.2, 0) is 4.79 Å². The first kappa shape index (κ1) is 14.0. The molecule has 0 radical (unpaired) electrons. The van der Waals surface area contributed by atoms with Crippen LogP contribution in [0.5, 0.6) is 0 Å². The molecule has 1 aliphatic carbocycles. The van der Waals surface area contributed by atoms with Gasteiger partial charge in [0.25, 0.3) is 0 Å². The third-order valence-electron chi connectivity index (χ3n) is 3.90. The van der Waals surface area contributed by atoms with Crippen LogP contribution < -0.4 is 0 Å². The van der Waals surface area contributed by atoms with Crippen molar-refractivity contribution in [2.45, 2.75) is 70.3 Å². The summed E-state index contributed by atoms with van der Waals surface area (Å²) < 4.78 is 0. The lowest BCUT2D eigenvalue weighted by Gasteiger charge is -2.43. The summed E-state index contributed by atoms with van der Waals surface area (Å²) in [6, 6.07) is 2.31. The average Bonchev–Trinajstić information content (AvgIpc) is 2.27. The van der Waals surface area contributed by atoms with Crippen LogP contribution >= 0.6 is 0 Å². The van der Waals surface area contributed by atoms with Crippen LogP contribution in [0.1, 0.15) is 64.7 Å². The maximum absolute atomic E-state index is 11.9. The largest absolute Gasteiger partial charge is 0.327 e. The Balaban J connectivity index is 2.25. The highest BCUT2D eigenvalue weighted by atomic mass is 16.2. The van der Waals surface area contributed by atoms with Crippen LogP contribution in [0.3, 0.4) is 0 Å². The molecule has 0 aromatic heterocycles. The minimum atomic E-state index is -0.472. The lowest BCUT2D eigenvalue weighted by Crippen LogP contribution is -2.53. The van der Waals surface area contributed by atoms with Crippen LogP contribution in [0.2, 0.25) is 0 Å². The summed E-state index contributed by atoms with van der Waals surface area (Å²) in [6.45, 7) is 2.19. The molecular weight excluding hydrogens is 212 g/mol. The number of carbonyl (C=O) groups excluding carboxylic acids is 1. The van der Waals surface area contributed by atoms with Gasteiger partial charge in [0.1, 0.15) is 5.54 Å². The molecule has 0 aromatic carbocycles. The number of rotatable bonds is 7. The van der Waals surface area contributed by atoms with Gasteiger partial charge in [0.2, 0.25) is 5.91 Å². The molecule has 17 heavy (non-hydrogen) atoms. The number of amides is 1. The Morgan fingerprint density at radius 1 is 1.29 bits per heavy atom. The van der Waals surface area contributed by atoms with E-state index in [-0.39, 0.29) is 5.91 Å². The molecular formula is C14H24N2O. The Bertz CT molecular complexity index is 289. The molecule has 1 amide bonds. The van der Waals surface area contributed by atoms with E-state index in [0.29, 0.717) is 6.42 Å². The maximum Gasteiger partial charge on any atom is 0.223 e. The fraction of sp³-hybridized carbons (Fsp3) is 0.857. The predicted molar refractivity (Wildman–Crippen MR) is 68.3 cm³/mol. The van der Waals surface area contributed by atoms with Crippen molar-refractivity contribution in [3.63, 3.8) is 0 Å². The van der Waals surface area contributed by atoms with E-state index >= 15 is 0 Å². The van der Waals surface area contributed by atoms with Gasteiger partial charge in [-0.3, -0.25) is 4.79 Å². The van der Waals surface area contributed by atoms with Gasteiger partial charge in [-0.1, -0.05) is 32.6 Å². The number of unbranched alkanes of at least 4 members (excludes halogenated alkanes) is 4. The summed E-state index contributed by atoms with van der Waals surface area (Å²) in [5.74, 6) is 0.141. The Morgan fingerprint density at radius 3 is 2.41 bits per heavy atom. The van der Waals surface area contributed by atoms with E-state index in [1.54, 1.807) is 11.9 Å². The molecule has 0 aliphatic heterocycles. The number of hydrogen-bond acceptors (Lipinski definition) is 2. The molecule has 0 spiro atoms. The molecule has 3 nitrogen and oxygen atoms in total. The van der Waals surface area contributed by atoms with Crippen LogP contribution in [0.4, 0.5) is 0 Å². The third kappa shape index (κ3) is 3.46. The fourth-order valence-corrected chi connectivity index (χ4v) is 2.32. The summed E-state index contributed by atoms with van der Waals surface area (Å²) >= 11 is 0. The quantitative estimate of drug-likeness (QED) is 0.637. The minimum Gasteiger partial charge on any atom is -0.327 e. The highest BCUT2D eigenvalue weighted by molar-refractivity contribution is 5.77. The van der Waals surface area contributed by atoms with Crippen molar-refractivity contribution in [2.24, 2.45) is 0 Å². The summed E-state index contributed by atoms with van der Waals surface area (Å²) in [6.07, 6.45) is 9.17. The van der Waals surface area contributed by atoms with Gasteiger partial charge in [-0.05, 0) is 25.7 Å². The second-order valence-electron chi connectivity index (χ2n) is 5.11. The molecule has 0 heterocycles. The number of nitrogens with zero attached hydrogens (tertiary/aromatic N) is 2. The van der Waals surface area contributed by atoms with Gasteiger partial charge in [0, 0.05) is 13.5 Å². The maximum atomic E-state index is 11.9. The molecule has 1 fully saturated rings. The molecule has 3 heteroatoms. The van der Waals surface area contributed by atoms with E-state index in [1.807, 2.05) is 0 Å². The Labute approximate surface area is 105 Å². The minimum absolute atomic E-state index is 0.141. The highest BCUT2D eigenvalue weighted by Gasteiger charge is 2.42. The van der Waals surface area contributed by atoms with Crippen molar-refractivity contribution in [1.29, 1.82) is 5.26 Å². The SMILES string of the molecule is CCCCCCCC(=O)N(C)C1(C#N)CCC1. The molecule has 0 aromatic rings. The number of nitriles is 1. The summed E-state index contributed by atoms with van der Waals surface area (Å²) in [4.78, 5) is 13.6. The van der Waals surface area contributed by atoms with Crippen molar-refractivity contribution in [1.82, 2.24) is 4.90 Å². The first-order valence-corrected chi connectivity index (χ1v) is 6.84. The van der Waals surface area contributed by atoms with Gasteiger partial charge in [-0.25, -0.2) is 0 Å². The van der Waals surface area contributed by atoms with Crippen LogP contribution in [0.15, 0.2) is 0 Å². The lowest BCUT2D eigenvalue weighted by molar-refractivity contribution is -0.136. The van der Waals surface area contributed by atoms with E-state index < -0.39 is 5.54 Å². The van der Waals surface area contributed by atoms with Gasteiger partial charge in [0.05, 0.1) is 6.07 Å².